The number of hydrogen-bond acceptors (Lipinski definition) is 3. The fourth-order valence-corrected chi connectivity index (χ4v) is 1.86. The molecule has 0 aliphatic carbocycles. The van der Waals surface area contributed by atoms with Gasteiger partial charge in [-0.15, -0.1) is 0 Å². The van der Waals surface area contributed by atoms with Crippen molar-refractivity contribution < 1.29 is 4.52 Å². The molecule has 0 N–H and O–H groups in total. The molecule has 0 bridgehead atoms. The van der Waals surface area contributed by atoms with E-state index in [1.165, 1.54) is 5.56 Å². The Kier molecular flexibility index (Phi) is 2.37. The van der Waals surface area contributed by atoms with Crippen molar-refractivity contribution in [3.8, 4) is 11.5 Å². The zero-order chi connectivity index (χ0) is 10.1. The van der Waals surface area contributed by atoms with Crippen LogP contribution in [-0.4, -0.2) is 10.1 Å². The standard InChI is InChI=1S/C10H9BrN2O/c1-6-3-4-8(9(11)5-6)10-12-7(2)13-14-10/h3-5H,1-2H3. The molecule has 0 atom stereocenters. The lowest BCUT2D eigenvalue weighted by Gasteiger charge is -1.99. The van der Waals surface area contributed by atoms with E-state index in [-0.39, 0.29) is 0 Å². The molecule has 0 spiro atoms. The molecule has 0 fully saturated rings. The summed E-state index contributed by atoms with van der Waals surface area (Å²) in [6.07, 6.45) is 0. The fourth-order valence-electron chi connectivity index (χ4n) is 1.20. The molecule has 0 aliphatic heterocycles. The van der Waals surface area contributed by atoms with E-state index in [1.54, 1.807) is 6.92 Å². The zero-order valence-electron chi connectivity index (χ0n) is 7.91. The molecule has 0 aliphatic rings. The highest BCUT2D eigenvalue weighted by atomic mass is 79.9. The van der Waals surface area contributed by atoms with Crippen molar-refractivity contribution in [1.29, 1.82) is 0 Å². The van der Waals surface area contributed by atoms with Crippen LogP contribution < -0.4 is 0 Å². The predicted molar refractivity (Wildman–Crippen MR) is 56.9 cm³/mol. The first kappa shape index (κ1) is 9.40. The van der Waals surface area contributed by atoms with Crippen molar-refractivity contribution in [1.82, 2.24) is 10.1 Å². The van der Waals surface area contributed by atoms with Gasteiger partial charge in [-0.05, 0) is 47.5 Å². The van der Waals surface area contributed by atoms with Gasteiger partial charge in [0.05, 0.1) is 5.56 Å². The Hall–Kier alpha value is -1.16. The van der Waals surface area contributed by atoms with Crippen LogP contribution in [0.2, 0.25) is 0 Å². The molecule has 2 rings (SSSR count). The van der Waals surface area contributed by atoms with Crippen LogP contribution in [-0.2, 0) is 0 Å². The molecule has 1 aromatic carbocycles. The van der Waals surface area contributed by atoms with E-state index >= 15 is 0 Å². The average molecular weight is 253 g/mol. The molecule has 0 unspecified atom stereocenters. The minimum Gasteiger partial charge on any atom is -0.334 e. The molecule has 2 aromatic rings. The topological polar surface area (TPSA) is 38.9 Å². The second kappa shape index (κ2) is 3.53. The summed E-state index contributed by atoms with van der Waals surface area (Å²) in [5.74, 6) is 1.20. The number of nitrogens with zero attached hydrogens (tertiary/aromatic N) is 2. The summed E-state index contributed by atoms with van der Waals surface area (Å²) in [5, 5.41) is 3.75. The fraction of sp³-hybridized carbons (Fsp3) is 0.200. The van der Waals surface area contributed by atoms with E-state index in [1.807, 2.05) is 25.1 Å². The number of aryl methyl sites for hydroxylation is 2. The van der Waals surface area contributed by atoms with Crippen LogP contribution in [0.3, 0.4) is 0 Å². The summed E-state index contributed by atoms with van der Waals surface area (Å²) in [6, 6.07) is 6.00. The van der Waals surface area contributed by atoms with Crippen molar-refractivity contribution in [3.63, 3.8) is 0 Å². The third kappa shape index (κ3) is 1.70. The van der Waals surface area contributed by atoms with Gasteiger partial charge in [0.25, 0.3) is 5.89 Å². The lowest BCUT2D eigenvalue weighted by atomic mass is 10.1. The van der Waals surface area contributed by atoms with Gasteiger partial charge in [-0.2, -0.15) is 4.98 Å². The molecule has 1 aromatic heterocycles. The first-order valence-corrected chi connectivity index (χ1v) is 5.03. The number of hydrogen-bond donors (Lipinski definition) is 0. The first-order valence-electron chi connectivity index (χ1n) is 4.23. The van der Waals surface area contributed by atoms with Crippen molar-refractivity contribution in [2.24, 2.45) is 0 Å². The van der Waals surface area contributed by atoms with Crippen molar-refractivity contribution in [2.45, 2.75) is 13.8 Å². The molecule has 72 valence electrons. The van der Waals surface area contributed by atoms with Crippen LogP contribution in [0.4, 0.5) is 0 Å². The Morgan fingerprint density at radius 3 is 2.64 bits per heavy atom. The van der Waals surface area contributed by atoms with Crippen LogP contribution in [0.25, 0.3) is 11.5 Å². The molecule has 4 heteroatoms. The molecule has 14 heavy (non-hydrogen) atoms. The van der Waals surface area contributed by atoms with Gasteiger partial charge in [0.1, 0.15) is 0 Å². The lowest BCUT2D eigenvalue weighted by molar-refractivity contribution is 0.425. The summed E-state index contributed by atoms with van der Waals surface area (Å²) in [7, 11) is 0. The van der Waals surface area contributed by atoms with Gasteiger partial charge in [-0.1, -0.05) is 11.2 Å². The molecule has 0 saturated carbocycles. The normalized spacial score (nSPS) is 10.5. The Labute approximate surface area is 90.3 Å². The van der Waals surface area contributed by atoms with Crippen molar-refractivity contribution >= 4 is 15.9 Å². The van der Waals surface area contributed by atoms with Gasteiger partial charge in [-0.25, -0.2) is 0 Å². The third-order valence-electron chi connectivity index (χ3n) is 1.88. The zero-order valence-corrected chi connectivity index (χ0v) is 9.50. The van der Waals surface area contributed by atoms with Crippen LogP contribution >= 0.6 is 15.9 Å². The molecule has 1 heterocycles. The van der Waals surface area contributed by atoms with E-state index in [0.717, 1.165) is 10.0 Å². The number of rotatable bonds is 1. The van der Waals surface area contributed by atoms with E-state index in [4.69, 9.17) is 4.52 Å². The second-order valence-corrected chi connectivity index (χ2v) is 3.98. The van der Waals surface area contributed by atoms with Gasteiger partial charge >= 0.3 is 0 Å². The highest BCUT2D eigenvalue weighted by molar-refractivity contribution is 9.10. The van der Waals surface area contributed by atoms with Gasteiger partial charge in [0.2, 0.25) is 0 Å². The largest absolute Gasteiger partial charge is 0.334 e. The maximum absolute atomic E-state index is 5.08. The van der Waals surface area contributed by atoms with Crippen LogP contribution in [0, 0.1) is 13.8 Å². The number of aromatic nitrogens is 2. The Morgan fingerprint density at radius 1 is 1.29 bits per heavy atom. The Bertz CT molecular complexity index is 465. The third-order valence-corrected chi connectivity index (χ3v) is 2.54. The SMILES string of the molecule is Cc1ccc(-c2nc(C)no2)c(Br)c1. The Balaban J connectivity index is 2.52. The maximum Gasteiger partial charge on any atom is 0.259 e. The van der Waals surface area contributed by atoms with Crippen molar-refractivity contribution in [2.75, 3.05) is 0 Å². The number of halogens is 1. The van der Waals surface area contributed by atoms with E-state index in [9.17, 15) is 0 Å². The monoisotopic (exact) mass is 252 g/mol. The second-order valence-electron chi connectivity index (χ2n) is 3.13. The summed E-state index contributed by atoms with van der Waals surface area (Å²) in [5.41, 5.74) is 2.12. The van der Waals surface area contributed by atoms with E-state index < -0.39 is 0 Å². The molecule has 0 saturated heterocycles. The maximum atomic E-state index is 5.08. The van der Waals surface area contributed by atoms with Crippen LogP contribution in [0.1, 0.15) is 11.4 Å². The summed E-state index contributed by atoms with van der Waals surface area (Å²) in [4.78, 5) is 4.16. The molecule has 3 nitrogen and oxygen atoms in total. The predicted octanol–water partition coefficient (Wildman–Crippen LogP) is 3.12. The van der Waals surface area contributed by atoms with Gasteiger partial charge in [-0.3, -0.25) is 0 Å². The molecule has 0 amide bonds. The average Bonchev–Trinajstić information content (AvgIpc) is 2.51. The van der Waals surface area contributed by atoms with Crippen LogP contribution in [0.5, 0.6) is 0 Å². The highest BCUT2D eigenvalue weighted by Gasteiger charge is 2.09. The quantitative estimate of drug-likeness (QED) is 0.783. The summed E-state index contributed by atoms with van der Waals surface area (Å²) >= 11 is 3.47. The highest BCUT2D eigenvalue weighted by Crippen LogP contribution is 2.27. The van der Waals surface area contributed by atoms with Gasteiger partial charge in [0, 0.05) is 4.47 Å². The molecule has 0 radical (unpaired) electrons. The van der Waals surface area contributed by atoms with E-state index in [0.29, 0.717) is 11.7 Å². The summed E-state index contributed by atoms with van der Waals surface area (Å²) < 4.78 is 6.05. The molecular formula is C10H9BrN2O. The lowest BCUT2D eigenvalue weighted by Crippen LogP contribution is -1.81. The first-order chi connectivity index (χ1) is 6.66. The number of benzene rings is 1. The van der Waals surface area contributed by atoms with Crippen molar-refractivity contribution in [3.05, 3.63) is 34.1 Å². The summed E-state index contributed by atoms with van der Waals surface area (Å²) in [6.45, 7) is 3.84. The minimum atomic E-state index is 0.550. The molecular weight excluding hydrogens is 244 g/mol. The van der Waals surface area contributed by atoms with Gasteiger partial charge < -0.3 is 4.52 Å². The smallest absolute Gasteiger partial charge is 0.259 e. The minimum absolute atomic E-state index is 0.550. The van der Waals surface area contributed by atoms with Crippen LogP contribution in [0.15, 0.2) is 27.2 Å². The van der Waals surface area contributed by atoms with E-state index in [2.05, 4.69) is 26.1 Å². The van der Waals surface area contributed by atoms with Gasteiger partial charge in [0.15, 0.2) is 5.82 Å². The Morgan fingerprint density at radius 2 is 2.07 bits per heavy atom.